The van der Waals surface area contributed by atoms with Crippen LogP contribution in [0.5, 0.6) is 0 Å². The summed E-state index contributed by atoms with van der Waals surface area (Å²) in [4.78, 5) is 22.9. The Labute approximate surface area is 116 Å². The summed E-state index contributed by atoms with van der Waals surface area (Å²) in [5.74, 6) is -2.15. The molecule has 6 heteroatoms. The van der Waals surface area contributed by atoms with Crippen LogP contribution in [0, 0.1) is 11.7 Å². The van der Waals surface area contributed by atoms with E-state index in [1.54, 1.807) is 0 Å². The van der Waals surface area contributed by atoms with Crippen molar-refractivity contribution in [2.45, 2.75) is 31.7 Å². The summed E-state index contributed by atoms with van der Waals surface area (Å²) in [7, 11) is 0. The van der Waals surface area contributed by atoms with Crippen molar-refractivity contribution in [3.8, 4) is 0 Å². The molecular weight excluding hydrogens is 263 g/mol. The maximum Gasteiger partial charge on any atom is 0.306 e. The molecule has 2 rings (SSSR count). The summed E-state index contributed by atoms with van der Waals surface area (Å²) in [5, 5.41) is 11.7. The lowest BCUT2D eigenvalue weighted by Gasteiger charge is -2.27. The SMILES string of the molecule is Nc1c(F)cccc1C(=O)NC1CCC(C(=O)O)CC1. The molecule has 0 atom stereocenters. The molecule has 1 aliphatic rings. The predicted molar refractivity (Wildman–Crippen MR) is 71.7 cm³/mol. The Kier molecular flexibility index (Phi) is 4.22. The van der Waals surface area contributed by atoms with Crippen molar-refractivity contribution in [1.29, 1.82) is 0 Å². The summed E-state index contributed by atoms with van der Waals surface area (Å²) in [5.41, 5.74) is 5.49. The first-order valence-electron chi connectivity index (χ1n) is 6.56. The zero-order chi connectivity index (χ0) is 14.7. The normalized spacial score (nSPS) is 22.2. The van der Waals surface area contributed by atoms with Crippen molar-refractivity contribution in [3.63, 3.8) is 0 Å². The van der Waals surface area contributed by atoms with Gasteiger partial charge in [0, 0.05) is 6.04 Å². The molecule has 1 amide bonds. The highest BCUT2D eigenvalue weighted by Crippen LogP contribution is 2.25. The molecule has 1 aromatic rings. The van der Waals surface area contributed by atoms with E-state index < -0.39 is 17.7 Å². The summed E-state index contributed by atoms with van der Waals surface area (Å²) < 4.78 is 13.3. The lowest BCUT2D eigenvalue weighted by Crippen LogP contribution is -2.39. The van der Waals surface area contributed by atoms with Crippen LogP contribution in [0.4, 0.5) is 10.1 Å². The fourth-order valence-electron chi connectivity index (χ4n) is 2.48. The van der Waals surface area contributed by atoms with E-state index >= 15 is 0 Å². The van der Waals surface area contributed by atoms with Gasteiger partial charge in [-0.2, -0.15) is 0 Å². The van der Waals surface area contributed by atoms with Crippen molar-refractivity contribution in [2.75, 3.05) is 5.73 Å². The molecule has 0 bridgehead atoms. The van der Waals surface area contributed by atoms with Crippen molar-refractivity contribution in [3.05, 3.63) is 29.6 Å². The van der Waals surface area contributed by atoms with Crippen LogP contribution in [0.2, 0.25) is 0 Å². The van der Waals surface area contributed by atoms with E-state index in [9.17, 15) is 14.0 Å². The number of nitrogens with two attached hydrogens (primary N) is 1. The highest BCUT2D eigenvalue weighted by molar-refractivity contribution is 5.99. The van der Waals surface area contributed by atoms with E-state index in [0.717, 1.165) is 0 Å². The van der Waals surface area contributed by atoms with Crippen LogP contribution in [-0.4, -0.2) is 23.0 Å². The second-order valence-corrected chi connectivity index (χ2v) is 5.06. The lowest BCUT2D eigenvalue weighted by atomic mass is 9.86. The van der Waals surface area contributed by atoms with Gasteiger partial charge in [-0.15, -0.1) is 0 Å². The number of amides is 1. The van der Waals surface area contributed by atoms with E-state index in [4.69, 9.17) is 10.8 Å². The second kappa shape index (κ2) is 5.90. The molecule has 0 saturated heterocycles. The molecule has 108 valence electrons. The number of carboxylic acid groups (broad SMARTS) is 1. The van der Waals surface area contributed by atoms with Crippen LogP contribution in [0.25, 0.3) is 0 Å². The number of aliphatic carboxylic acids is 1. The predicted octanol–water partition coefficient (Wildman–Crippen LogP) is 1.78. The number of nitrogen functional groups attached to an aromatic ring is 1. The summed E-state index contributed by atoms with van der Waals surface area (Å²) >= 11 is 0. The van der Waals surface area contributed by atoms with E-state index in [1.165, 1.54) is 18.2 Å². The van der Waals surface area contributed by atoms with Gasteiger partial charge in [0.25, 0.3) is 5.91 Å². The smallest absolute Gasteiger partial charge is 0.306 e. The lowest BCUT2D eigenvalue weighted by molar-refractivity contribution is -0.142. The maximum atomic E-state index is 13.3. The molecule has 0 heterocycles. The minimum Gasteiger partial charge on any atom is -0.481 e. The average Bonchev–Trinajstić information content (AvgIpc) is 2.42. The van der Waals surface area contributed by atoms with Gasteiger partial charge in [-0.05, 0) is 37.8 Å². The van der Waals surface area contributed by atoms with Crippen LogP contribution >= 0.6 is 0 Å². The summed E-state index contributed by atoms with van der Waals surface area (Å²) in [6.45, 7) is 0. The van der Waals surface area contributed by atoms with Crippen LogP contribution in [0.3, 0.4) is 0 Å². The molecule has 1 saturated carbocycles. The van der Waals surface area contributed by atoms with Crippen molar-refractivity contribution in [2.24, 2.45) is 5.92 Å². The number of halogens is 1. The molecule has 0 unspecified atom stereocenters. The number of nitrogens with one attached hydrogen (secondary N) is 1. The van der Waals surface area contributed by atoms with Gasteiger partial charge in [-0.1, -0.05) is 6.07 Å². The third-order valence-corrected chi connectivity index (χ3v) is 3.71. The first-order chi connectivity index (χ1) is 9.49. The third kappa shape index (κ3) is 3.07. The van der Waals surface area contributed by atoms with E-state index in [1.807, 2.05) is 0 Å². The van der Waals surface area contributed by atoms with E-state index in [2.05, 4.69) is 5.32 Å². The molecule has 1 aromatic carbocycles. The number of para-hydroxylation sites is 1. The number of benzene rings is 1. The Morgan fingerprint density at radius 3 is 2.50 bits per heavy atom. The number of rotatable bonds is 3. The third-order valence-electron chi connectivity index (χ3n) is 3.71. The Morgan fingerprint density at radius 1 is 1.25 bits per heavy atom. The van der Waals surface area contributed by atoms with Crippen molar-refractivity contribution < 1.29 is 19.1 Å². The van der Waals surface area contributed by atoms with E-state index in [0.29, 0.717) is 25.7 Å². The average molecular weight is 280 g/mol. The van der Waals surface area contributed by atoms with E-state index in [-0.39, 0.29) is 23.2 Å². The Bertz CT molecular complexity index is 525. The number of anilines is 1. The number of hydrogen-bond donors (Lipinski definition) is 3. The fourth-order valence-corrected chi connectivity index (χ4v) is 2.48. The number of carboxylic acids is 1. The molecule has 4 N–H and O–H groups in total. The van der Waals surface area contributed by atoms with Crippen LogP contribution in [0.1, 0.15) is 36.0 Å². The van der Waals surface area contributed by atoms with Gasteiger partial charge in [-0.3, -0.25) is 9.59 Å². The van der Waals surface area contributed by atoms with Gasteiger partial charge in [0.1, 0.15) is 5.82 Å². The van der Waals surface area contributed by atoms with Gasteiger partial charge >= 0.3 is 5.97 Å². The Morgan fingerprint density at radius 2 is 1.90 bits per heavy atom. The fraction of sp³-hybridized carbons (Fsp3) is 0.429. The molecule has 20 heavy (non-hydrogen) atoms. The molecular formula is C14H17FN2O3. The molecule has 0 aromatic heterocycles. The molecule has 1 fully saturated rings. The van der Waals surface area contributed by atoms with Gasteiger partial charge in [0.05, 0.1) is 17.2 Å². The highest BCUT2D eigenvalue weighted by atomic mass is 19.1. The monoisotopic (exact) mass is 280 g/mol. The molecule has 0 aliphatic heterocycles. The first kappa shape index (κ1) is 14.3. The van der Waals surface area contributed by atoms with Crippen LogP contribution < -0.4 is 11.1 Å². The Balaban J connectivity index is 1.96. The zero-order valence-electron chi connectivity index (χ0n) is 10.9. The first-order valence-corrected chi connectivity index (χ1v) is 6.56. The Hall–Kier alpha value is -2.11. The van der Waals surface area contributed by atoms with Gasteiger partial charge < -0.3 is 16.2 Å². The maximum absolute atomic E-state index is 13.3. The minimum atomic E-state index is -0.788. The molecule has 0 radical (unpaired) electrons. The number of carbonyl (C=O) groups excluding carboxylic acids is 1. The highest BCUT2D eigenvalue weighted by Gasteiger charge is 2.27. The molecule has 0 spiro atoms. The standard InChI is InChI=1S/C14H17FN2O3/c15-11-3-1-2-10(12(11)16)13(18)17-9-6-4-8(5-7-9)14(19)20/h1-3,8-9H,4-7,16H2,(H,17,18)(H,19,20). The largest absolute Gasteiger partial charge is 0.481 e. The minimum absolute atomic E-state index is 0.0826. The van der Waals surface area contributed by atoms with Crippen LogP contribution in [0.15, 0.2) is 18.2 Å². The topological polar surface area (TPSA) is 92.4 Å². The van der Waals surface area contributed by atoms with Gasteiger partial charge in [-0.25, -0.2) is 4.39 Å². The van der Waals surface area contributed by atoms with Gasteiger partial charge in [0.2, 0.25) is 0 Å². The number of carbonyl (C=O) groups is 2. The molecule has 1 aliphatic carbocycles. The van der Waals surface area contributed by atoms with Crippen molar-refractivity contribution in [1.82, 2.24) is 5.32 Å². The van der Waals surface area contributed by atoms with Crippen molar-refractivity contribution >= 4 is 17.6 Å². The quantitative estimate of drug-likeness (QED) is 0.736. The summed E-state index contributed by atoms with van der Waals surface area (Å²) in [6.07, 6.45) is 2.30. The second-order valence-electron chi connectivity index (χ2n) is 5.06. The summed E-state index contributed by atoms with van der Waals surface area (Å²) in [6, 6.07) is 4.02. The zero-order valence-corrected chi connectivity index (χ0v) is 10.9. The molecule has 5 nitrogen and oxygen atoms in total. The van der Waals surface area contributed by atoms with Gasteiger partial charge in [0.15, 0.2) is 0 Å². The number of hydrogen-bond acceptors (Lipinski definition) is 3. The van der Waals surface area contributed by atoms with Crippen LogP contribution in [-0.2, 0) is 4.79 Å².